The van der Waals surface area contributed by atoms with Crippen molar-refractivity contribution in [3.8, 4) is 5.75 Å². The molecule has 0 amide bonds. The van der Waals surface area contributed by atoms with Gasteiger partial charge in [0.25, 0.3) is 0 Å². The Morgan fingerprint density at radius 1 is 1.00 bits per heavy atom. The van der Waals surface area contributed by atoms with Crippen molar-refractivity contribution in [1.82, 2.24) is 0 Å². The maximum atomic E-state index is 11.6. The summed E-state index contributed by atoms with van der Waals surface area (Å²) in [6.07, 6.45) is 2.62. The second-order valence-electron chi connectivity index (χ2n) is 4.67. The summed E-state index contributed by atoms with van der Waals surface area (Å²) in [5, 5.41) is 0. The first-order valence-corrected chi connectivity index (χ1v) is 6.67. The van der Waals surface area contributed by atoms with E-state index in [2.05, 4.69) is 12.1 Å². The normalized spacial score (nSPS) is 11.2. The van der Waals surface area contributed by atoms with E-state index in [0.29, 0.717) is 11.3 Å². The van der Waals surface area contributed by atoms with Crippen molar-refractivity contribution < 1.29 is 9.53 Å². The molecule has 0 aliphatic carbocycles. The zero-order valence-corrected chi connectivity index (χ0v) is 11.8. The molecule has 0 spiro atoms. The van der Waals surface area contributed by atoms with E-state index in [-0.39, 0.29) is 5.97 Å². The molecule has 2 rings (SSSR count). The van der Waals surface area contributed by atoms with Gasteiger partial charge in [0.1, 0.15) is 5.75 Å². The summed E-state index contributed by atoms with van der Waals surface area (Å²) < 4.78 is 5.27. The maximum Gasteiger partial charge on any atom is 0.338 e. The van der Waals surface area contributed by atoms with Gasteiger partial charge in [0.15, 0.2) is 0 Å². The molecule has 2 heteroatoms. The molecule has 0 heterocycles. The van der Waals surface area contributed by atoms with Crippen molar-refractivity contribution >= 4 is 5.97 Å². The molecule has 0 aliphatic rings. The number of rotatable bonds is 4. The number of ether oxygens (including phenoxy) is 1. The van der Waals surface area contributed by atoms with E-state index in [1.165, 1.54) is 11.1 Å². The van der Waals surface area contributed by atoms with Crippen LogP contribution in [-0.4, -0.2) is 5.97 Å². The second-order valence-corrected chi connectivity index (χ2v) is 4.67. The van der Waals surface area contributed by atoms with E-state index in [9.17, 15) is 4.79 Å². The fourth-order valence-corrected chi connectivity index (χ4v) is 1.81. The molecule has 0 saturated carbocycles. The van der Waals surface area contributed by atoms with Crippen molar-refractivity contribution in [3.63, 3.8) is 0 Å². The Bertz CT molecular complexity index is 595. The highest BCUT2D eigenvalue weighted by atomic mass is 16.5. The van der Waals surface area contributed by atoms with Gasteiger partial charge in [0.2, 0.25) is 0 Å². The molecule has 2 aromatic rings. The second kappa shape index (κ2) is 6.71. The predicted molar refractivity (Wildman–Crippen MR) is 80.8 cm³/mol. The fraction of sp³-hybridized carbons (Fsp3) is 0.167. The molecule has 0 unspecified atom stereocenters. The molecule has 102 valence electrons. The van der Waals surface area contributed by atoms with Crippen LogP contribution >= 0.6 is 0 Å². The third-order valence-corrected chi connectivity index (χ3v) is 3.14. The molecule has 0 saturated heterocycles. The number of hydrogen-bond donors (Lipinski definition) is 0. The van der Waals surface area contributed by atoms with Gasteiger partial charge in [-0.1, -0.05) is 48.5 Å². The highest BCUT2D eigenvalue weighted by Crippen LogP contribution is 2.16. The summed E-state index contributed by atoms with van der Waals surface area (Å²) in [6, 6.07) is 17.9. The SMILES string of the molecule is C/C=C(\C)C(=O)Oc1ccc(Cc2ccccc2)cc1. The molecule has 0 bridgehead atoms. The van der Waals surface area contributed by atoms with Gasteiger partial charge in [-0.3, -0.25) is 0 Å². The summed E-state index contributed by atoms with van der Waals surface area (Å²) in [5.74, 6) is 0.274. The van der Waals surface area contributed by atoms with Crippen LogP contribution in [0.15, 0.2) is 66.2 Å². The van der Waals surface area contributed by atoms with Crippen LogP contribution in [0.2, 0.25) is 0 Å². The van der Waals surface area contributed by atoms with Crippen LogP contribution < -0.4 is 4.74 Å². The molecule has 0 aliphatic heterocycles. The smallest absolute Gasteiger partial charge is 0.338 e. The number of esters is 1. The molecule has 0 radical (unpaired) electrons. The summed E-state index contributed by atoms with van der Waals surface area (Å²) >= 11 is 0. The van der Waals surface area contributed by atoms with Gasteiger partial charge in [-0.05, 0) is 43.5 Å². The Kier molecular flexibility index (Phi) is 4.72. The van der Waals surface area contributed by atoms with Crippen molar-refractivity contribution in [2.75, 3.05) is 0 Å². The van der Waals surface area contributed by atoms with Crippen LogP contribution in [0.5, 0.6) is 5.75 Å². The van der Waals surface area contributed by atoms with Gasteiger partial charge in [-0.25, -0.2) is 4.79 Å². The lowest BCUT2D eigenvalue weighted by Gasteiger charge is -2.06. The number of allylic oxidation sites excluding steroid dienone is 1. The third-order valence-electron chi connectivity index (χ3n) is 3.14. The molecule has 0 atom stereocenters. The molecule has 0 fully saturated rings. The van der Waals surface area contributed by atoms with Crippen molar-refractivity contribution in [3.05, 3.63) is 77.4 Å². The summed E-state index contributed by atoms with van der Waals surface area (Å²) in [4.78, 5) is 11.6. The van der Waals surface area contributed by atoms with Gasteiger partial charge >= 0.3 is 5.97 Å². The Hall–Kier alpha value is -2.35. The molecule has 2 aromatic carbocycles. The first kappa shape index (κ1) is 14.1. The van der Waals surface area contributed by atoms with E-state index in [1.807, 2.05) is 49.4 Å². The average Bonchev–Trinajstić information content (AvgIpc) is 2.49. The number of carbonyl (C=O) groups is 1. The minimum Gasteiger partial charge on any atom is -0.423 e. The van der Waals surface area contributed by atoms with Gasteiger partial charge in [0, 0.05) is 5.57 Å². The van der Waals surface area contributed by atoms with Crippen LogP contribution in [0.25, 0.3) is 0 Å². The van der Waals surface area contributed by atoms with Crippen LogP contribution in [0.3, 0.4) is 0 Å². The first-order valence-electron chi connectivity index (χ1n) is 6.67. The molecule has 20 heavy (non-hydrogen) atoms. The lowest BCUT2D eigenvalue weighted by molar-refractivity contribution is -0.130. The predicted octanol–water partition coefficient (Wildman–Crippen LogP) is 4.15. The molecule has 2 nitrogen and oxygen atoms in total. The van der Waals surface area contributed by atoms with E-state index in [4.69, 9.17) is 4.74 Å². The highest BCUT2D eigenvalue weighted by Gasteiger charge is 2.06. The topological polar surface area (TPSA) is 26.3 Å². The fourth-order valence-electron chi connectivity index (χ4n) is 1.81. The zero-order valence-electron chi connectivity index (χ0n) is 11.8. The Balaban J connectivity index is 2.02. The third kappa shape index (κ3) is 3.82. The largest absolute Gasteiger partial charge is 0.423 e. The zero-order chi connectivity index (χ0) is 14.4. The summed E-state index contributed by atoms with van der Waals surface area (Å²) in [7, 11) is 0. The van der Waals surface area contributed by atoms with E-state index in [0.717, 1.165) is 6.42 Å². The van der Waals surface area contributed by atoms with Gasteiger partial charge in [0.05, 0.1) is 0 Å². The Morgan fingerprint density at radius 3 is 2.20 bits per heavy atom. The number of carbonyl (C=O) groups excluding carboxylic acids is 1. The van der Waals surface area contributed by atoms with Crippen LogP contribution in [-0.2, 0) is 11.2 Å². The molecule has 0 aromatic heterocycles. The monoisotopic (exact) mass is 266 g/mol. The molecular formula is C18H18O2. The van der Waals surface area contributed by atoms with E-state index >= 15 is 0 Å². The van der Waals surface area contributed by atoms with E-state index < -0.39 is 0 Å². The Morgan fingerprint density at radius 2 is 1.60 bits per heavy atom. The van der Waals surface area contributed by atoms with Crippen LogP contribution in [0, 0.1) is 0 Å². The Labute approximate surface area is 119 Å². The van der Waals surface area contributed by atoms with Crippen molar-refractivity contribution in [2.24, 2.45) is 0 Å². The maximum absolute atomic E-state index is 11.6. The average molecular weight is 266 g/mol. The molecular weight excluding hydrogens is 248 g/mol. The van der Waals surface area contributed by atoms with Crippen molar-refractivity contribution in [2.45, 2.75) is 20.3 Å². The van der Waals surface area contributed by atoms with Gasteiger partial charge in [-0.2, -0.15) is 0 Å². The minimum absolute atomic E-state index is 0.302. The van der Waals surface area contributed by atoms with Crippen molar-refractivity contribution in [1.29, 1.82) is 0 Å². The summed E-state index contributed by atoms with van der Waals surface area (Å²) in [6.45, 7) is 3.56. The van der Waals surface area contributed by atoms with Gasteiger partial charge < -0.3 is 4.74 Å². The lowest BCUT2D eigenvalue weighted by Crippen LogP contribution is -2.08. The first-order chi connectivity index (χ1) is 9.69. The van der Waals surface area contributed by atoms with E-state index in [1.54, 1.807) is 13.0 Å². The van der Waals surface area contributed by atoms with Crippen LogP contribution in [0.4, 0.5) is 0 Å². The quantitative estimate of drug-likeness (QED) is 0.472. The minimum atomic E-state index is -0.302. The number of benzene rings is 2. The highest BCUT2D eigenvalue weighted by molar-refractivity contribution is 5.89. The standard InChI is InChI=1S/C18H18O2/c1-3-14(2)18(19)20-17-11-9-16(10-12-17)13-15-7-5-4-6-8-15/h3-12H,13H2,1-2H3/b14-3+. The number of hydrogen-bond acceptors (Lipinski definition) is 2. The summed E-state index contributed by atoms with van der Waals surface area (Å²) in [5.41, 5.74) is 3.07. The molecule has 0 N–H and O–H groups in total. The van der Waals surface area contributed by atoms with Gasteiger partial charge in [-0.15, -0.1) is 0 Å². The lowest BCUT2D eigenvalue weighted by atomic mass is 10.1. The van der Waals surface area contributed by atoms with Crippen LogP contribution in [0.1, 0.15) is 25.0 Å².